The SMILES string of the molecule is CC(C)N(C)C(=O)[C@H]1CC[C@H](C)CC1. The maximum absolute atomic E-state index is 12.0. The van der Waals surface area contributed by atoms with Gasteiger partial charge in [-0.25, -0.2) is 0 Å². The molecule has 1 aliphatic carbocycles. The first-order chi connectivity index (χ1) is 6.52. The van der Waals surface area contributed by atoms with Crippen LogP contribution in [0.15, 0.2) is 0 Å². The molecular weight excluding hydrogens is 174 g/mol. The highest BCUT2D eigenvalue weighted by Gasteiger charge is 2.27. The summed E-state index contributed by atoms with van der Waals surface area (Å²) in [5, 5.41) is 0. The highest BCUT2D eigenvalue weighted by molar-refractivity contribution is 5.78. The van der Waals surface area contributed by atoms with E-state index >= 15 is 0 Å². The Balaban J connectivity index is 2.45. The van der Waals surface area contributed by atoms with Crippen molar-refractivity contribution in [3.05, 3.63) is 0 Å². The van der Waals surface area contributed by atoms with E-state index in [1.807, 2.05) is 11.9 Å². The van der Waals surface area contributed by atoms with E-state index < -0.39 is 0 Å². The summed E-state index contributed by atoms with van der Waals surface area (Å²) >= 11 is 0. The summed E-state index contributed by atoms with van der Waals surface area (Å²) < 4.78 is 0. The second-order valence-corrected chi connectivity index (χ2v) is 5.00. The van der Waals surface area contributed by atoms with Crippen molar-refractivity contribution in [3.63, 3.8) is 0 Å². The minimum atomic E-state index is 0.304. The number of carbonyl (C=O) groups excluding carboxylic acids is 1. The number of nitrogens with zero attached hydrogens (tertiary/aromatic N) is 1. The molecule has 0 aromatic heterocycles. The zero-order chi connectivity index (χ0) is 10.7. The Morgan fingerprint density at radius 3 is 2.14 bits per heavy atom. The van der Waals surface area contributed by atoms with Crippen LogP contribution in [0.2, 0.25) is 0 Å². The molecular formula is C12H23NO. The average Bonchev–Trinajstić information content (AvgIpc) is 2.16. The summed E-state index contributed by atoms with van der Waals surface area (Å²) in [6, 6.07) is 0.335. The van der Waals surface area contributed by atoms with E-state index in [0.29, 0.717) is 17.9 Å². The summed E-state index contributed by atoms with van der Waals surface area (Å²) in [5.41, 5.74) is 0. The second-order valence-electron chi connectivity index (χ2n) is 5.00. The first-order valence-electron chi connectivity index (χ1n) is 5.79. The molecule has 0 radical (unpaired) electrons. The Labute approximate surface area is 87.7 Å². The van der Waals surface area contributed by atoms with Crippen LogP contribution in [0.4, 0.5) is 0 Å². The molecule has 2 nitrogen and oxygen atoms in total. The minimum absolute atomic E-state index is 0.304. The maximum Gasteiger partial charge on any atom is 0.225 e. The first-order valence-corrected chi connectivity index (χ1v) is 5.79. The highest BCUT2D eigenvalue weighted by atomic mass is 16.2. The quantitative estimate of drug-likeness (QED) is 0.666. The molecule has 1 amide bonds. The third-order valence-electron chi connectivity index (χ3n) is 3.49. The normalized spacial score (nSPS) is 27.8. The van der Waals surface area contributed by atoms with Gasteiger partial charge >= 0.3 is 0 Å². The summed E-state index contributed by atoms with van der Waals surface area (Å²) in [7, 11) is 1.92. The first kappa shape index (κ1) is 11.5. The molecule has 0 heterocycles. The van der Waals surface area contributed by atoms with Gasteiger partial charge in [0, 0.05) is 19.0 Å². The van der Waals surface area contributed by atoms with Crippen molar-refractivity contribution >= 4 is 5.91 Å². The van der Waals surface area contributed by atoms with Crippen LogP contribution >= 0.6 is 0 Å². The van der Waals surface area contributed by atoms with E-state index in [1.165, 1.54) is 12.8 Å². The molecule has 1 fully saturated rings. The monoisotopic (exact) mass is 197 g/mol. The lowest BCUT2D eigenvalue weighted by Crippen LogP contribution is -2.38. The Bertz CT molecular complexity index is 192. The topological polar surface area (TPSA) is 20.3 Å². The minimum Gasteiger partial charge on any atom is -0.343 e. The Morgan fingerprint density at radius 1 is 1.21 bits per heavy atom. The van der Waals surface area contributed by atoms with Crippen LogP contribution in [0.5, 0.6) is 0 Å². The molecule has 0 atom stereocenters. The highest BCUT2D eigenvalue weighted by Crippen LogP contribution is 2.29. The van der Waals surface area contributed by atoms with Gasteiger partial charge in [-0.05, 0) is 45.4 Å². The van der Waals surface area contributed by atoms with Crippen LogP contribution in [-0.4, -0.2) is 23.9 Å². The van der Waals surface area contributed by atoms with Gasteiger partial charge in [-0.2, -0.15) is 0 Å². The van der Waals surface area contributed by atoms with Gasteiger partial charge in [0.05, 0.1) is 0 Å². The van der Waals surface area contributed by atoms with Gasteiger partial charge in [-0.1, -0.05) is 6.92 Å². The smallest absolute Gasteiger partial charge is 0.225 e. The third-order valence-corrected chi connectivity index (χ3v) is 3.49. The standard InChI is InChI=1S/C12H23NO/c1-9(2)13(4)12(14)11-7-5-10(3)6-8-11/h9-11H,5-8H2,1-4H3/t10-,11-. The number of rotatable bonds is 2. The van der Waals surface area contributed by atoms with Gasteiger partial charge < -0.3 is 4.90 Å². The fourth-order valence-corrected chi connectivity index (χ4v) is 2.05. The van der Waals surface area contributed by atoms with Crippen LogP contribution in [0, 0.1) is 11.8 Å². The molecule has 0 N–H and O–H groups in total. The molecule has 0 saturated heterocycles. The Kier molecular flexibility index (Phi) is 3.97. The molecule has 1 aliphatic rings. The molecule has 0 aromatic carbocycles. The number of carbonyl (C=O) groups is 1. The van der Waals surface area contributed by atoms with E-state index in [4.69, 9.17) is 0 Å². The fraction of sp³-hybridized carbons (Fsp3) is 0.917. The van der Waals surface area contributed by atoms with E-state index in [2.05, 4.69) is 20.8 Å². The number of amides is 1. The van der Waals surface area contributed by atoms with Crippen LogP contribution in [0.1, 0.15) is 46.5 Å². The van der Waals surface area contributed by atoms with Gasteiger partial charge in [-0.15, -0.1) is 0 Å². The fourth-order valence-electron chi connectivity index (χ4n) is 2.05. The molecule has 0 aliphatic heterocycles. The van der Waals surface area contributed by atoms with Crippen LogP contribution in [0.3, 0.4) is 0 Å². The van der Waals surface area contributed by atoms with Crippen LogP contribution in [0.25, 0.3) is 0 Å². The second kappa shape index (κ2) is 4.81. The van der Waals surface area contributed by atoms with Gasteiger partial charge in [0.15, 0.2) is 0 Å². The zero-order valence-electron chi connectivity index (χ0n) is 9.92. The van der Waals surface area contributed by atoms with Gasteiger partial charge in [0.2, 0.25) is 5.91 Å². The molecule has 82 valence electrons. The van der Waals surface area contributed by atoms with Gasteiger partial charge in [-0.3, -0.25) is 4.79 Å². The van der Waals surface area contributed by atoms with E-state index in [0.717, 1.165) is 18.8 Å². The zero-order valence-corrected chi connectivity index (χ0v) is 9.92. The van der Waals surface area contributed by atoms with E-state index in [-0.39, 0.29) is 0 Å². The summed E-state index contributed by atoms with van der Waals surface area (Å²) in [5.74, 6) is 1.48. The molecule has 0 bridgehead atoms. The van der Waals surface area contributed by atoms with Gasteiger partial charge in [0.25, 0.3) is 0 Å². The lowest BCUT2D eigenvalue weighted by molar-refractivity contribution is -0.136. The maximum atomic E-state index is 12.0. The molecule has 0 aromatic rings. The molecule has 2 heteroatoms. The average molecular weight is 197 g/mol. The Morgan fingerprint density at radius 2 is 1.71 bits per heavy atom. The van der Waals surface area contributed by atoms with Crippen molar-refractivity contribution in [2.75, 3.05) is 7.05 Å². The van der Waals surface area contributed by atoms with E-state index in [1.54, 1.807) is 0 Å². The van der Waals surface area contributed by atoms with Gasteiger partial charge in [0.1, 0.15) is 0 Å². The van der Waals surface area contributed by atoms with Crippen molar-refractivity contribution in [2.45, 2.75) is 52.5 Å². The third kappa shape index (κ3) is 2.73. The van der Waals surface area contributed by atoms with E-state index in [9.17, 15) is 4.79 Å². The lowest BCUT2D eigenvalue weighted by Gasteiger charge is -2.30. The number of hydrogen-bond acceptors (Lipinski definition) is 1. The summed E-state index contributed by atoms with van der Waals surface area (Å²) in [6.07, 6.45) is 4.64. The largest absolute Gasteiger partial charge is 0.343 e. The molecule has 14 heavy (non-hydrogen) atoms. The molecule has 1 saturated carbocycles. The predicted molar refractivity (Wildman–Crippen MR) is 59.0 cm³/mol. The predicted octanol–water partition coefficient (Wildman–Crippen LogP) is 2.68. The van der Waals surface area contributed by atoms with Crippen molar-refractivity contribution in [3.8, 4) is 0 Å². The van der Waals surface area contributed by atoms with Crippen molar-refractivity contribution in [2.24, 2.45) is 11.8 Å². The number of hydrogen-bond donors (Lipinski definition) is 0. The summed E-state index contributed by atoms with van der Waals surface area (Å²) in [4.78, 5) is 13.9. The Hall–Kier alpha value is -0.530. The van der Waals surface area contributed by atoms with Crippen molar-refractivity contribution in [1.29, 1.82) is 0 Å². The van der Waals surface area contributed by atoms with Crippen LogP contribution < -0.4 is 0 Å². The van der Waals surface area contributed by atoms with Crippen LogP contribution in [-0.2, 0) is 4.79 Å². The molecule has 0 spiro atoms. The summed E-state index contributed by atoms with van der Waals surface area (Å²) in [6.45, 7) is 6.43. The molecule has 1 rings (SSSR count). The van der Waals surface area contributed by atoms with Crippen molar-refractivity contribution in [1.82, 2.24) is 4.90 Å². The van der Waals surface area contributed by atoms with Crippen molar-refractivity contribution < 1.29 is 4.79 Å². The molecule has 0 unspecified atom stereocenters. The lowest BCUT2D eigenvalue weighted by atomic mass is 9.82.